The molecule has 0 saturated carbocycles. The maximum Gasteiger partial charge on any atom is 0.325 e. The molecule has 0 fully saturated rings. The van der Waals surface area contributed by atoms with Gasteiger partial charge >= 0.3 is 5.97 Å². The molecule has 5 heteroatoms. The van der Waals surface area contributed by atoms with Gasteiger partial charge in [0.25, 0.3) is 0 Å². The molecule has 1 unspecified atom stereocenters. The van der Waals surface area contributed by atoms with Crippen LogP contribution in [0.2, 0.25) is 0 Å². The summed E-state index contributed by atoms with van der Waals surface area (Å²) in [7, 11) is 0. The van der Waals surface area contributed by atoms with Gasteiger partial charge in [0, 0.05) is 11.8 Å². The standard InChI is InChI=1S/C14H23N3O2/c1-6-10(2)11-7-12(17-9-16-11)15-8-13(18)19-14(3,4)5/h7,9-10H,6,8H2,1-5H3,(H,15,16,17). The number of esters is 1. The van der Waals surface area contributed by atoms with E-state index >= 15 is 0 Å². The zero-order valence-corrected chi connectivity index (χ0v) is 12.4. The van der Waals surface area contributed by atoms with E-state index in [-0.39, 0.29) is 12.5 Å². The van der Waals surface area contributed by atoms with Crippen molar-refractivity contribution in [3.8, 4) is 0 Å². The zero-order valence-electron chi connectivity index (χ0n) is 12.4. The molecule has 19 heavy (non-hydrogen) atoms. The minimum absolute atomic E-state index is 0.105. The molecule has 0 bridgehead atoms. The fourth-order valence-electron chi connectivity index (χ4n) is 1.49. The van der Waals surface area contributed by atoms with Crippen LogP contribution in [0.3, 0.4) is 0 Å². The summed E-state index contributed by atoms with van der Waals surface area (Å²) in [5.74, 6) is 0.734. The normalized spacial score (nSPS) is 12.9. The summed E-state index contributed by atoms with van der Waals surface area (Å²) in [5, 5.41) is 2.96. The van der Waals surface area contributed by atoms with Crippen LogP contribution in [0.1, 0.15) is 52.7 Å². The Bertz CT molecular complexity index is 427. The largest absolute Gasteiger partial charge is 0.459 e. The maximum absolute atomic E-state index is 11.6. The Balaban J connectivity index is 2.56. The highest BCUT2D eigenvalue weighted by atomic mass is 16.6. The molecule has 0 saturated heterocycles. The number of hydrogen-bond acceptors (Lipinski definition) is 5. The summed E-state index contributed by atoms with van der Waals surface area (Å²) in [6.07, 6.45) is 2.53. The third-order valence-corrected chi connectivity index (χ3v) is 2.64. The van der Waals surface area contributed by atoms with Gasteiger partial charge in [0.05, 0.1) is 0 Å². The van der Waals surface area contributed by atoms with Crippen LogP contribution in [0.5, 0.6) is 0 Å². The molecule has 1 aromatic heterocycles. The first kappa shape index (κ1) is 15.4. The third kappa shape index (κ3) is 5.68. The summed E-state index contributed by atoms with van der Waals surface area (Å²) in [5.41, 5.74) is 0.510. The Hall–Kier alpha value is -1.65. The minimum Gasteiger partial charge on any atom is -0.459 e. The van der Waals surface area contributed by atoms with E-state index in [2.05, 4.69) is 29.1 Å². The van der Waals surface area contributed by atoms with Crippen molar-refractivity contribution in [1.29, 1.82) is 0 Å². The van der Waals surface area contributed by atoms with Crippen LogP contribution in [0.15, 0.2) is 12.4 Å². The van der Waals surface area contributed by atoms with Crippen molar-refractivity contribution in [1.82, 2.24) is 9.97 Å². The van der Waals surface area contributed by atoms with Crippen LogP contribution in [-0.2, 0) is 9.53 Å². The van der Waals surface area contributed by atoms with Crippen molar-refractivity contribution in [3.05, 3.63) is 18.1 Å². The van der Waals surface area contributed by atoms with Crippen molar-refractivity contribution in [2.75, 3.05) is 11.9 Å². The number of hydrogen-bond donors (Lipinski definition) is 1. The molecule has 1 atom stereocenters. The van der Waals surface area contributed by atoms with Gasteiger partial charge in [0.15, 0.2) is 0 Å². The Morgan fingerprint density at radius 1 is 1.42 bits per heavy atom. The fraction of sp³-hybridized carbons (Fsp3) is 0.643. The lowest BCUT2D eigenvalue weighted by molar-refractivity contribution is -0.152. The fourth-order valence-corrected chi connectivity index (χ4v) is 1.49. The Morgan fingerprint density at radius 3 is 2.68 bits per heavy atom. The van der Waals surface area contributed by atoms with E-state index < -0.39 is 5.60 Å². The molecule has 0 aromatic carbocycles. The highest BCUT2D eigenvalue weighted by molar-refractivity contribution is 5.74. The molecule has 1 heterocycles. The average Bonchev–Trinajstić information content (AvgIpc) is 2.34. The monoisotopic (exact) mass is 265 g/mol. The van der Waals surface area contributed by atoms with Crippen LogP contribution in [0.4, 0.5) is 5.82 Å². The number of nitrogens with zero attached hydrogens (tertiary/aromatic N) is 2. The lowest BCUT2D eigenvalue weighted by atomic mass is 10.1. The molecule has 0 spiro atoms. The molecule has 0 aliphatic carbocycles. The van der Waals surface area contributed by atoms with E-state index in [4.69, 9.17) is 4.74 Å². The first-order valence-corrected chi connectivity index (χ1v) is 6.59. The minimum atomic E-state index is -0.466. The molecule has 1 N–H and O–H groups in total. The van der Waals surface area contributed by atoms with Gasteiger partial charge in [-0.2, -0.15) is 0 Å². The molecule has 106 valence electrons. The smallest absolute Gasteiger partial charge is 0.325 e. The van der Waals surface area contributed by atoms with E-state index in [1.807, 2.05) is 26.8 Å². The summed E-state index contributed by atoms with van der Waals surface area (Å²) >= 11 is 0. The quantitative estimate of drug-likeness (QED) is 0.829. The number of aromatic nitrogens is 2. The number of carbonyl (C=O) groups excluding carboxylic acids is 1. The molecule has 0 aliphatic rings. The van der Waals surface area contributed by atoms with Gasteiger partial charge in [-0.25, -0.2) is 9.97 Å². The summed E-state index contributed by atoms with van der Waals surface area (Å²) in [6, 6.07) is 1.87. The second kappa shape index (κ2) is 6.50. The predicted molar refractivity (Wildman–Crippen MR) is 75.1 cm³/mol. The number of nitrogens with one attached hydrogen (secondary N) is 1. The van der Waals surface area contributed by atoms with Crippen LogP contribution in [0, 0.1) is 0 Å². The molecule has 0 aliphatic heterocycles. The van der Waals surface area contributed by atoms with E-state index in [1.165, 1.54) is 6.33 Å². The zero-order chi connectivity index (χ0) is 14.5. The van der Waals surface area contributed by atoms with E-state index in [9.17, 15) is 4.79 Å². The molecule has 1 aromatic rings. The number of carbonyl (C=O) groups is 1. The van der Waals surface area contributed by atoms with Gasteiger partial charge in [-0.15, -0.1) is 0 Å². The number of rotatable bonds is 5. The molecular weight excluding hydrogens is 242 g/mol. The summed E-state index contributed by atoms with van der Waals surface area (Å²) in [4.78, 5) is 19.9. The van der Waals surface area contributed by atoms with Crippen molar-refractivity contribution < 1.29 is 9.53 Å². The topological polar surface area (TPSA) is 64.1 Å². The average molecular weight is 265 g/mol. The SMILES string of the molecule is CCC(C)c1cc(NCC(=O)OC(C)(C)C)ncn1. The van der Waals surface area contributed by atoms with Crippen molar-refractivity contribution in [2.24, 2.45) is 0 Å². The molecule has 0 radical (unpaired) electrons. The van der Waals surface area contributed by atoms with Gasteiger partial charge < -0.3 is 10.1 Å². The highest BCUT2D eigenvalue weighted by Crippen LogP contribution is 2.17. The van der Waals surface area contributed by atoms with Crippen molar-refractivity contribution in [3.63, 3.8) is 0 Å². The van der Waals surface area contributed by atoms with Gasteiger partial charge in [0.1, 0.15) is 24.3 Å². The number of anilines is 1. The van der Waals surface area contributed by atoms with E-state index in [1.54, 1.807) is 0 Å². The van der Waals surface area contributed by atoms with Gasteiger partial charge in [-0.1, -0.05) is 13.8 Å². The summed E-state index contributed by atoms with van der Waals surface area (Å²) < 4.78 is 5.21. The lowest BCUT2D eigenvalue weighted by Gasteiger charge is -2.19. The lowest BCUT2D eigenvalue weighted by Crippen LogP contribution is -2.28. The summed E-state index contributed by atoms with van der Waals surface area (Å²) in [6.45, 7) is 9.86. The number of ether oxygens (including phenoxy) is 1. The van der Waals surface area contributed by atoms with Crippen LogP contribution >= 0.6 is 0 Å². The predicted octanol–water partition coefficient (Wildman–Crippen LogP) is 2.74. The van der Waals surface area contributed by atoms with Crippen molar-refractivity contribution in [2.45, 2.75) is 52.6 Å². The van der Waals surface area contributed by atoms with Crippen LogP contribution in [-0.4, -0.2) is 28.1 Å². The molecular formula is C14H23N3O2. The van der Waals surface area contributed by atoms with Gasteiger partial charge in [0.2, 0.25) is 0 Å². The van der Waals surface area contributed by atoms with Crippen LogP contribution in [0.25, 0.3) is 0 Å². The first-order chi connectivity index (χ1) is 8.81. The second-order valence-electron chi connectivity index (χ2n) is 5.58. The molecule has 5 nitrogen and oxygen atoms in total. The van der Waals surface area contributed by atoms with Gasteiger partial charge in [-0.05, 0) is 33.1 Å². The first-order valence-electron chi connectivity index (χ1n) is 6.59. The van der Waals surface area contributed by atoms with Crippen LogP contribution < -0.4 is 5.32 Å². The molecule has 0 amide bonds. The third-order valence-electron chi connectivity index (χ3n) is 2.64. The second-order valence-corrected chi connectivity index (χ2v) is 5.58. The Kier molecular flexibility index (Phi) is 5.27. The van der Waals surface area contributed by atoms with E-state index in [0.717, 1.165) is 12.1 Å². The highest BCUT2D eigenvalue weighted by Gasteiger charge is 2.16. The molecule has 1 rings (SSSR count). The van der Waals surface area contributed by atoms with E-state index in [0.29, 0.717) is 11.7 Å². The van der Waals surface area contributed by atoms with Gasteiger partial charge in [-0.3, -0.25) is 4.79 Å². The maximum atomic E-state index is 11.6. The Labute approximate surface area is 114 Å². The van der Waals surface area contributed by atoms with Crippen molar-refractivity contribution >= 4 is 11.8 Å². The Morgan fingerprint density at radius 2 is 2.11 bits per heavy atom.